The van der Waals surface area contributed by atoms with Crippen molar-refractivity contribution in [2.45, 2.75) is 6.92 Å². The van der Waals surface area contributed by atoms with Crippen LogP contribution in [0.1, 0.15) is 15.4 Å². The van der Waals surface area contributed by atoms with Gasteiger partial charge in [-0.3, -0.25) is 4.79 Å². The predicted molar refractivity (Wildman–Crippen MR) is 105 cm³/mol. The predicted octanol–water partition coefficient (Wildman–Crippen LogP) is 5.18. The summed E-state index contributed by atoms with van der Waals surface area (Å²) >= 11 is 6.90. The number of methoxy groups -OCH3 is 2. The molecule has 0 bridgehead atoms. The fourth-order valence-corrected chi connectivity index (χ4v) is 3.54. The van der Waals surface area contributed by atoms with Crippen LogP contribution in [0, 0.1) is 12.7 Å². The molecule has 27 heavy (non-hydrogen) atoms. The first-order valence-corrected chi connectivity index (χ1v) is 9.08. The fraction of sp³-hybridized carbons (Fsp3) is 0.158. The molecule has 3 aromatic rings. The van der Waals surface area contributed by atoms with Crippen LogP contribution in [0.25, 0.3) is 10.6 Å². The Hall–Kier alpha value is -2.64. The van der Waals surface area contributed by atoms with Crippen LogP contribution in [0.2, 0.25) is 5.02 Å². The Kier molecular flexibility index (Phi) is 5.62. The summed E-state index contributed by atoms with van der Waals surface area (Å²) in [5.41, 5.74) is 1.71. The largest absolute Gasteiger partial charge is 0.493 e. The lowest BCUT2D eigenvalue weighted by molar-refractivity contribution is 0.103. The van der Waals surface area contributed by atoms with Gasteiger partial charge < -0.3 is 14.8 Å². The van der Waals surface area contributed by atoms with Crippen LogP contribution in [-0.2, 0) is 0 Å². The van der Waals surface area contributed by atoms with E-state index in [2.05, 4.69) is 10.3 Å². The number of hydrogen-bond acceptors (Lipinski definition) is 5. The normalized spacial score (nSPS) is 10.6. The van der Waals surface area contributed by atoms with Gasteiger partial charge in [0.05, 0.1) is 24.9 Å². The third-order valence-corrected chi connectivity index (χ3v) is 5.32. The van der Waals surface area contributed by atoms with E-state index in [1.165, 1.54) is 29.5 Å². The molecular formula is C19H16ClFN2O3S. The number of aryl methyl sites for hydroxylation is 1. The molecule has 0 aliphatic heterocycles. The number of aromatic nitrogens is 1. The summed E-state index contributed by atoms with van der Waals surface area (Å²) in [6.45, 7) is 1.75. The van der Waals surface area contributed by atoms with E-state index in [0.29, 0.717) is 32.8 Å². The first-order chi connectivity index (χ1) is 12.9. The van der Waals surface area contributed by atoms with Gasteiger partial charge in [0.15, 0.2) is 11.5 Å². The SMILES string of the molecule is COc1ccc(-c2nc(C)c(C(=O)Nc3ccc(Cl)c(F)c3)s2)cc1OC. The van der Waals surface area contributed by atoms with E-state index in [1.807, 2.05) is 6.07 Å². The van der Waals surface area contributed by atoms with E-state index in [1.54, 1.807) is 33.3 Å². The smallest absolute Gasteiger partial charge is 0.267 e. The summed E-state index contributed by atoms with van der Waals surface area (Å²) < 4.78 is 24.1. The molecule has 0 radical (unpaired) electrons. The van der Waals surface area contributed by atoms with Gasteiger partial charge in [-0.05, 0) is 43.3 Å². The van der Waals surface area contributed by atoms with Gasteiger partial charge >= 0.3 is 0 Å². The van der Waals surface area contributed by atoms with Gasteiger partial charge in [-0.25, -0.2) is 9.37 Å². The maximum absolute atomic E-state index is 13.6. The van der Waals surface area contributed by atoms with Gasteiger partial charge in [0.1, 0.15) is 15.7 Å². The summed E-state index contributed by atoms with van der Waals surface area (Å²) in [7, 11) is 3.12. The first kappa shape index (κ1) is 19.1. The molecule has 1 aromatic heterocycles. The molecule has 0 unspecified atom stereocenters. The standard InChI is InChI=1S/C19H16ClFN2O3S/c1-10-17(18(24)23-12-5-6-13(20)14(21)9-12)27-19(22-10)11-4-7-15(25-2)16(8-11)26-3/h4-9H,1-3H3,(H,23,24). The maximum Gasteiger partial charge on any atom is 0.267 e. The molecule has 140 valence electrons. The van der Waals surface area contributed by atoms with E-state index in [-0.39, 0.29) is 10.9 Å². The lowest BCUT2D eigenvalue weighted by Crippen LogP contribution is -2.11. The molecule has 2 aromatic carbocycles. The molecule has 1 amide bonds. The second-order valence-electron chi connectivity index (χ2n) is 5.59. The van der Waals surface area contributed by atoms with Gasteiger partial charge in [-0.2, -0.15) is 0 Å². The quantitative estimate of drug-likeness (QED) is 0.634. The summed E-state index contributed by atoms with van der Waals surface area (Å²) in [5, 5.41) is 3.33. The molecule has 0 saturated carbocycles. The highest BCUT2D eigenvalue weighted by Crippen LogP contribution is 2.35. The van der Waals surface area contributed by atoms with Gasteiger partial charge in [-0.1, -0.05) is 11.6 Å². The maximum atomic E-state index is 13.6. The van der Waals surface area contributed by atoms with Crippen molar-refractivity contribution >= 4 is 34.5 Å². The van der Waals surface area contributed by atoms with Crippen molar-refractivity contribution in [3.63, 3.8) is 0 Å². The molecule has 8 heteroatoms. The Morgan fingerprint density at radius 1 is 1.15 bits per heavy atom. The molecule has 5 nitrogen and oxygen atoms in total. The van der Waals surface area contributed by atoms with E-state index in [4.69, 9.17) is 21.1 Å². The minimum Gasteiger partial charge on any atom is -0.493 e. The van der Waals surface area contributed by atoms with Gasteiger partial charge in [-0.15, -0.1) is 11.3 Å². The Bertz CT molecular complexity index is 1010. The van der Waals surface area contributed by atoms with Crippen LogP contribution in [0.5, 0.6) is 11.5 Å². The van der Waals surface area contributed by atoms with Crippen LogP contribution >= 0.6 is 22.9 Å². The second kappa shape index (κ2) is 7.94. The van der Waals surface area contributed by atoms with Gasteiger partial charge in [0.25, 0.3) is 5.91 Å². The van der Waals surface area contributed by atoms with Crippen LogP contribution in [0.3, 0.4) is 0 Å². The molecule has 0 aliphatic carbocycles. The Labute approximate surface area is 164 Å². The molecule has 1 heterocycles. The number of ether oxygens (including phenoxy) is 2. The highest BCUT2D eigenvalue weighted by molar-refractivity contribution is 7.17. The van der Waals surface area contributed by atoms with Gasteiger partial charge in [0.2, 0.25) is 0 Å². The number of amides is 1. The monoisotopic (exact) mass is 406 g/mol. The number of rotatable bonds is 5. The number of halogens is 2. The molecule has 0 spiro atoms. The number of benzene rings is 2. The lowest BCUT2D eigenvalue weighted by Gasteiger charge is -2.08. The number of hydrogen-bond donors (Lipinski definition) is 1. The third-order valence-electron chi connectivity index (χ3n) is 3.81. The van der Waals surface area contributed by atoms with E-state index < -0.39 is 5.82 Å². The second-order valence-corrected chi connectivity index (χ2v) is 6.99. The topological polar surface area (TPSA) is 60.5 Å². The van der Waals surface area contributed by atoms with Crippen LogP contribution in [0.15, 0.2) is 36.4 Å². The van der Waals surface area contributed by atoms with E-state index in [0.717, 1.165) is 5.56 Å². The van der Waals surface area contributed by atoms with Crippen molar-refractivity contribution in [1.29, 1.82) is 0 Å². The van der Waals surface area contributed by atoms with Crippen molar-refractivity contribution in [1.82, 2.24) is 4.98 Å². The number of anilines is 1. The highest BCUT2D eigenvalue weighted by Gasteiger charge is 2.18. The Morgan fingerprint density at radius 3 is 2.56 bits per heavy atom. The van der Waals surface area contributed by atoms with Crippen LogP contribution in [0.4, 0.5) is 10.1 Å². The molecule has 0 saturated heterocycles. The van der Waals surface area contributed by atoms with Crippen LogP contribution < -0.4 is 14.8 Å². The molecule has 0 atom stereocenters. The summed E-state index contributed by atoms with van der Waals surface area (Å²) in [5.74, 6) is 0.225. The first-order valence-electron chi connectivity index (χ1n) is 7.89. The number of nitrogens with one attached hydrogen (secondary N) is 1. The van der Waals surface area contributed by atoms with Crippen molar-refractivity contribution < 1.29 is 18.7 Å². The molecule has 1 N–H and O–H groups in total. The number of thiazole rings is 1. The zero-order valence-corrected chi connectivity index (χ0v) is 16.4. The number of carbonyl (C=O) groups is 1. The molecular weight excluding hydrogens is 391 g/mol. The third kappa shape index (κ3) is 4.04. The molecule has 0 fully saturated rings. The average Bonchev–Trinajstić information content (AvgIpc) is 3.06. The van der Waals surface area contributed by atoms with Gasteiger partial charge in [0, 0.05) is 11.3 Å². The summed E-state index contributed by atoms with van der Waals surface area (Å²) in [6, 6.07) is 9.52. The van der Waals surface area contributed by atoms with Crippen molar-refractivity contribution in [2.24, 2.45) is 0 Å². The highest BCUT2D eigenvalue weighted by atomic mass is 35.5. The molecule has 3 rings (SSSR count). The Balaban J connectivity index is 1.87. The minimum absolute atomic E-state index is 0.00212. The van der Waals surface area contributed by atoms with Crippen molar-refractivity contribution in [2.75, 3.05) is 19.5 Å². The summed E-state index contributed by atoms with van der Waals surface area (Å²) in [6.07, 6.45) is 0. The number of carbonyl (C=O) groups excluding carboxylic acids is 1. The van der Waals surface area contributed by atoms with Crippen molar-refractivity contribution in [3.05, 3.63) is 57.8 Å². The summed E-state index contributed by atoms with van der Waals surface area (Å²) in [4.78, 5) is 17.5. The molecule has 0 aliphatic rings. The average molecular weight is 407 g/mol. The zero-order chi connectivity index (χ0) is 19.6. The van der Waals surface area contributed by atoms with E-state index >= 15 is 0 Å². The van der Waals surface area contributed by atoms with E-state index in [9.17, 15) is 9.18 Å². The van der Waals surface area contributed by atoms with Crippen molar-refractivity contribution in [3.8, 4) is 22.1 Å². The Morgan fingerprint density at radius 2 is 1.89 bits per heavy atom. The lowest BCUT2D eigenvalue weighted by atomic mass is 10.2. The zero-order valence-electron chi connectivity index (χ0n) is 14.8. The number of nitrogens with zero attached hydrogens (tertiary/aromatic N) is 1. The minimum atomic E-state index is -0.596. The van der Waals surface area contributed by atoms with Crippen LogP contribution in [-0.4, -0.2) is 25.1 Å². The fourth-order valence-electron chi connectivity index (χ4n) is 2.46.